The molecule has 8 heteroatoms. The maximum atomic E-state index is 13.5. The molecule has 0 aliphatic rings. The van der Waals surface area contributed by atoms with Crippen LogP contribution in [0.5, 0.6) is 5.75 Å². The Kier molecular flexibility index (Phi) is 6.23. The van der Waals surface area contributed by atoms with E-state index in [1.165, 1.54) is 11.3 Å². The minimum atomic E-state index is -0.412. The summed E-state index contributed by atoms with van der Waals surface area (Å²) < 4.78 is 11.8. The van der Waals surface area contributed by atoms with Crippen molar-refractivity contribution in [3.8, 4) is 16.2 Å². The molecule has 5 rings (SSSR count). The van der Waals surface area contributed by atoms with Gasteiger partial charge in [-0.15, -0.1) is 11.3 Å². The highest BCUT2D eigenvalue weighted by Gasteiger charge is 2.26. The molecule has 1 amide bonds. The first-order valence-corrected chi connectivity index (χ1v) is 12.3. The fourth-order valence-corrected chi connectivity index (χ4v) is 5.27. The Balaban J connectivity index is 1.57. The number of nitrogens with zero attached hydrogens (tertiary/aromatic N) is 1. The van der Waals surface area contributed by atoms with Gasteiger partial charge in [-0.1, -0.05) is 42.5 Å². The predicted octanol–water partition coefficient (Wildman–Crippen LogP) is 7.12. The molecule has 0 atom stereocenters. The summed E-state index contributed by atoms with van der Waals surface area (Å²) in [4.78, 5) is 32.2. The van der Waals surface area contributed by atoms with Crippen LogP contribution in [0.15, 0.2) is 81.7 Å². The smallest absolute Gasteiger partial charge is 0.275 e. The summed E-state index contributed by atoms with van der Waals surface area (Å²) in [6, 6.07) is 21.8. The van der Waals surface area contributed by atoms with E-state index in [1.54, 1.807) is 37.4 Å². The van der Waals surface area contributed by atoms with Crippen LogP contribution in [0.25, 0.3) is 21.4 Å². The summed E-state index contributed by atoms with van der Waals surface area (Å²) in [5.41, 5.74) is 2.40. The zero-order chi connectivity index (χ0) is 24.5. The van der Waals surface area contributed by atoms with Gasteiger partial charge in [-0.25, -0.2) is 4.98 Å². The molecular formula is C27H19BrN2O4S. The molecule has 2 heterocycles. The molecule has 6 nitrogen and oxygen atoms in total. The van der Waals surface area contributed by atoms with Crippen LogP contribution in [-0.2, 0) is 0 Å². The molecule has 174 valence electrons. The van der Waals surface area contributed by atoms with Crippen molar-refractivity contribution in [2.75, 3.05) is 12.4 Å². The van der Waals surface area contributed by atoms with E-state index in [9.17, 15) is 9.59 Å². The topological polar surface area (TPSA) is 81.4 Å². The zero-order valence-electron chi connectivity index (χ0n) is 18.8. The average molecular weight is 547 g/mol. The number of benzene rings is 3. The molecule has 0 radical (unpaired) electrons. The highest BCUT2D eigenvalue weighted by Crippen LogP contribution is 2.36. The van der Waals surface area contributed by atoms with Crippen LogP contribution >= 0.6 is 27.3 Å². The van der Waals surface area contributed by atoms with E-state index in [0.29, 0.717) is 38.1 Å². The van der Waals surface area contributed by atoms with Crippen LogP contribution in [0.3, 0.4) is 0 Å². The number of aryl methyl sites for hydroxylation is 1. The third kappa shape index (κ3) is 4.38. The Morgan fingerprint density at radius 3 is 2.51 bits per heavy atom. The van der Waals surface area contributed by atoms with E-state index in [0.717, 1.165) is 15.4 Å². The first-order valence-electron chi connectivity index (χ1n) is 10.7. The fourth-order valence-electron chi connectivity index (χ4n) is 3.81. The molecule has 35 heavy (non-hydrogen) atoms. The molecular weight excluding hydrogens is 528 g/mol. The largest absolute Gasteiger partial charge is 0.496 e. The van der Waals surface area contributed by atoms with E-state index in [2.05, 4.69) is 26.2 Å². The molecule has 0 unspecified atom stereocenters. The molecule has 0 bridgehead atoms. The zero-order valence-corrected chi connectivity index (χ0v) is 21.2. The maximum Gasteiger partial charge on any atom is 0.275 e. The van der Waals surface area contributed by atoms with Crippen LogP contribution in [0.4, 0.5) is 5.69 Å². The molecule has 0 aliphatic carbocycles. The van der Waals surface area contributed by atoms with Gasteiger partial charge < -0.3 is 14.5 Å². The number of para-hydroxylation sites is 1. The van der Waals surface area contributed by atoms with Crippen molar-refractivity contribution < 1.29 is 18.7 Å². The second kappa shape index (κ2) is 9.48. The summed E-state index contributed by atoms with van der Waals surface area (Å²) in [5.74, 6) is -0.126. The summed E-state index contributed by atoms with van der Waals surface area (Å²) in [6.45, 7) is 1.86. The lowest BCUT2D eigenvalue weighted by Gasteiger charge is -2.08. The van der Waals surface area contributed by atoms with Crippen LogP contribution in [0, 0.1) is 6.92 Å². The number of anilines is 1. The van der Waals surface area contributed by atoms with Gasteiger partial charge in [-0.2, -0.15) is 0 Å². The number of methoxy groups -OCH3 is 1. The van der Waals surface area contributed by atoms with Gasteiger partial charge in [-0.05, 0) is 58.7 Å². The molecule has 0 saturated heterocycles. The quantitative estimate of drug-likeness (QED) is 0.229. The van der Waals surface area contributed by atoms with Gasteiger partial charge in [0.25, 0.3) is 5.91 Å². The van der Waals surface area contributed by atoms with Crippen molar-refractivity contribution in [2.24, 2.45) is 0 Å². The van der Waals surface area contributed by atoms with Gasteiger partial charge in [0.2, 0.25) is 5.78 Å². The number of carbonyl (C=O) groups excluding carboxylic acids is 2. The standard InChI is InChI=1S/C27H19BrN2O4S/c1-15-29-23(26(35-15)16-8-4-3-5-9-16)27(32)30-22-18-10-6-7-11-20(18)34-25(22)24(31)17-12-13-21(33-2)19(28)14-17/h3-14H,1-2H3,(H,30,32). The van der Waals surface area contributed by atoms with E-state index >= 15 is 0 Å². The van der Waals surface area contributed by atoms with Gasteiger partial charge in [-0.3, -0.25) is 9.59 Å². The normalized spacial score (nSPS) is 10.9. The molecule has 0 saturated carbocycles. The SMILES string of the molecule is COc1ccc(C(=O)c2oc3ccccc3c2NC(=O)c2nc(C)sc2-c2ccccc2)cc1Br. The van der Waals surface area contributed by atoms with Crippen molar-refractivity contribution in [1.29, 1.82) is 0 Å². The Hall–Kier alpha value is -3.75. The van der Waals surface area contributed by atoms with Crippen molar-refractivity contribution in [1.82, 2.24) is 4.98 Å². The van der Waals surface area contributed by atoms with Crippen LogP contribution < -0.4 is 10.1 Å². The number of aromatic nitrogens is 1. The first-order chi connectivity index (χ1) is 17.0. The number of ether oxygens (including phenoxy) is 1. The predicted molar refractivity (Wildman–Crippen MR) is 141 cm³/mol. The third-order valence-corrected chi connectivity index (χ3v) is 7.08. The number of hydrogen-bond donors (Lipinski definition) is 1. The molecule has 1 N–H and O–H groups in total. The van der Waals surface area contributed by atoms with Crippen LogP contribution in [0.2, 0.25) is 0 Å². The number of carbonyl (C=O) groups is 2. The number of furan rings is 1. The molecule has 0 fully saturated rings. The minimum absolute atomic E-state index is 0.0461. The van der Waals surface area contributed by atoms with Gasteiger partial charge in [0.15, 0.2) is 5.76 Å². The van der Waals surface area contributed by atoms with Crippen molar-refractivity contribution in [2.45, 2.75) is 6.92 Å². The van der Waals surface area contributed by atoms with E-state index in [4.69, 9.17) is 9.15 Å². The monoisotopic (exact) mass is 546 g/mol. The molecule has 3 aromatic carbocycles. The van der Waals surface area contributed by atoms with Crippen molar-refractivity contribution >= 4 is 55.6 Å². The van der Waals surface area contributed by atoms with Crippen molar-refractivity contribution in [3.05, 3.63) is 99.3 Å². The number of halogens is 1. The third-order valence-electron chi connectivity index (χ3n) is 5.44. The molecule has 0 spiro atoms. The minimum Gasteiger partial charge on any atom is -0.496 e. The van der Waals surface area contributed by atoms with Crippen LogP contribution in [-0.4, -0.2) is 23.8 Å². The number of rotatable bonds is 6. The first kappa shape index (κ1) is 23.0. The number of fused-ring (bicyclic) bond motifs is 1. The lowest BCUT2D eigenvalue weighted by atomic mass is 10.1. The Morgan fingerprint density at radius 1 is 1.03 bits per heavy atom. The maximum absolute atomic E-state index is 13.5. The molecule has 0 aliphatic heterocycles. The summed E-state index contributed by atoms with van der Waals surface area (Å²) in [6.07, 6.45) is 0. The van der Waals surface area contributed by atoms with Gasteiger partial charge in [0.05, 0.1) is 27.2 Å². The Bertz CT molecular complexity index is 1570. The lowest BCUT2D eigenvalue weighted by Crippen LogP contribution is -2.15. The number of ketones is 1. The van der Waals surface area contributed by atoms with E-state index < -0.39 is 5.91 Å². The Labute approximate surface area is 213 Å². The summed E-state index contributed by atoms with van der Waals surface area (Å²) in [5, 5.41) is 4.31. The number of thiazole rings is 1. The summed E-state index contributed by atoms with van der Waals surface area (Å²) >= 11 is 4.87. The molecule has 5 aromatic rings. The van der Waals surface area contributed by atoms with E-state index in [-0.39, 0.29) is 11.5 Å². The highest BCUT2D eigenvalue weighted by atomic mass is 79.9. The average Bonchev–Trinajstić information content (AvgIpc) is 3.45. The second-order valence-electron chi connectivity index (χ2n) is 7.71. The van der Waals surface area contributed by atoms with E-state index in [1.807, 2.05) is 49.4 Å². The van der Waals surface area contributed by atoms with Gasteiger partial charge in [0, 0.05) is 10.9 Å². The van der Waals surface area contributed by atoms with Gasteiger partial charge >= 0.3 is 0 Å². The van der Waals surface area contributed by atoms with Gasteiger partial charge in [0.1, 0.15) is 17.0 Å². The Morgan fingerprint density at radius 2 is 1.77 bits per heavy atom. The summed E-state index contributed by atoms with van der Waals surface area (Å²) in [7, 11) is 1.55. The molecule has 2 aromatic heterocycles. The van der Waals surface area contributed by atoms with Crippen LogP contribution in [0.1, 0.15) is 31.6 Å². The number of hydrogen-bond acceptors (Lipinski definition) is 6. The highest BCUT2D eigenvalue weighted by molar-refractivity contribution is 9.10. The number of amides is 1. The fraction of sp³-hybridized carbons (Fsp3) is 0.0741. The lowest BCUT2D eigenvalue weighted by molar-refractivity contribution is 0.101. The van der Waals surface area contributed by atoms with Crippen molar-refractivity contribution in [3.63, 3.8) is 0 Å². The second-order valence-corrected chi connectivity index (χ2v) is 9.77. The number of nitrogens with one attached hydrogen (secondary N) is 1.